The van der Waals surface area contributed by atoms with Crippen LogP contribution in [0.5, 0.6) is 0 Å². The molecule has 1 rings (SSSR count). The molecule has 0 aliphatic rings. The van der Waals surface area contributed by atoms with E-state index >= 15 is 0 Å². The minimum absolute atomic E-state index is 0.877. The number of allylic oxidation sites excluding steroid dienone is 5. The Labute approximate surface area is 89.9 Å². The van der Waals surface area contributed by atoms with E-state index in [1.165, 1.54) is 11.5 Å². The summed E-state index contributed by atoms with van der Waals surface area (Å²) in [6.07, 6.45) is 9.51. The summed E-state index contributed by atoms with van der Waals surface area (Å²) in [5.41, 5.74) is 0. The summed E-state index contributed by atoms with van der Waals surface area (Å²) in [7, 11) is 0. The molecule has 0 N–H and O–H groups in total. The first-order chi connectivity index (χ1) is 6.70. The first kappa shape index (κ1) is 12.8. The van der Waals surface area contributed by atoms with Crippen molar-refractivity contribution in [3.8, 4) is 0 Å². The number of hydrogen-bond acceptors (Lipinski definition) is 3. The minimum Gasteiger partial charge on any atom is -0.225 e. The Kier molecular flexibility index (Phi) is 7.65. The third kappa shape index (κ3) is 7.43. The van der Waals surface area contributed by atoms with Gasteiger partial charge in [-0.15, -0.1) is 0 Å². The van der Waals surface area contributed by atoms with Crippen LogP contribution in [-0.4, -0.2) is 9.36 Å². The van der Waals surface area contributed by atoms with Gasteiger partial charge in [0.05, 0.1) is 0 Å². The van der Waals surface area contributed by atoms with Crippen molar-refractivity contribution in [3.63, 3.8) is 0 Å². The van der Waals surface area contributed by atoms with Crippen molar-refractivity contribution >= 4 is 11.5 Å². The van der Waals surface area contributed by atoms with E-state index in [1.807, 2.05) is 45.1 Å². The molecule has 1 aromatic rings. The lowest BCUT2D eigenvalue weighted by atomic mass is 10.4. The highest BCUT2D eigenvalue weighted by molar-refractivity contribution is 7.05. The van der Waals surface area contributed by atoms with Gasteiger partial charge < -0.3 is 0 Å². The maximum Gasteiger partial charge on any atom is 0.139 e. The van der Waals surface area contributed by atoms with Gasteiger partial charge >= 0.3 is 0 Å². The van der Waals surface area contributed by atoms with E-state index in [0.29, 0.717) is 0 Å². The molecule has 1 heterocycles. The Balaban J connectivity index is 0.000000241. The van der Waals surface area contributed by atoms with Crippen molar-refractivity contribution < 1.29 is 0 Å². The SMILES string of the molecule is C=C/C=C\C=C/C.Cc1nsc(C)n1. The Morgan fingerprint density at radius 2 is 1.93 bits per heavy atom. The van der Waals surface area contributed by atoms with Crippen LogP contribution in [0.1, 0.15) is 17.8 Å². The molecule has 0 radical (unpaired) electrons. The molecular formula is C11H16N2S. The largest absolute Gasteiger partial charge is 0.225 e. The molecule has 0 aliphatic carbocycles. The molecule has 76 valence electrons. The molecule has 0 saturated carbocycles. The highest BCUT2D eigenvalue weighted by Gasteiger charge is 1.88. The lowest BCUT2D eigenvalue weighted by molar-refractivity contribution is 1.13. The first-order valence-electron chi connectivity index (χ1n) is 4.38. The van der Waals surface area contributed by atoms with Crippen LogP contribution < -0.4 is 0 Å². The lowest BCUT2D eigenvalue weighted by Gasteiger charge is -1.67. The Morgan fingerprint density at radius 1 is 1.21 bits per heavy atom. The van der Waals surface area contributed by atoms with Crippen LogP contribution in [0, 0.1) is 13.8 Å². The van der Waals surface area contributed by atoms with Gasteiger partial charge in [0.25, 0.3) is 0 Å². The van der Waals surface area contributed by atoms with Crippen molar-refractivity contribution in [2.45, 2.75) is 20.8 Å². The molecule has 0 atom stereocenters. The van der Waals surface area contributed by atoms with Crippen LogP contribution in [0.2, 0.25) is 0 Å². The molecule has 3 heteroatoms. The zero-order chi connectivity index (χ0) is 10.8. The van der Waals surface area contributed by atoms with Gasteiger partial charge in [0.2, 0.25) is 0 Å². The van der Waals surface area contributed by atoms with Crippen LogP contribution in [0.25, 0.3) is 0 Å². The van der Waals surface area contributed by atoms with Gasteiger partial charge in [-0.2, -0.15) is 4.37 Å². The fraction of sp³-hybridized carbons (Fsp3) is 0.273. The Hall–Kier alpha value is -1.22. The van der Waals surface area contributed by atoms with E-state index in [2.05, 4.69) is 15.9 Å². The van der Waals surface area contributed by atoms with Crippen LogP contribution in [0.4, 0.5) is 0 Å². The quantitative estimate of drug-likeness (QED) is 0.696. The number of nitrogens with zero attached hydrogens (tertiary/aromatic N) is 2. The summed E-state index contributed by atoms with van der Waals surface area (Å²) in [5.74, 6) is 0.877. The van der Waals surface area contributed by atoms with Crippen LogP contribution in [0.15, 0.2) is 37.0 Å². The molecule has 0 aromatic carbocycles. The predicted octanol–water partition coefficient (Wildman–Crippen LogP) is 3.46. The van der Waals surface area contributed by atoms with Crippen LogP contribution in [-0.2, 0) is 0 Å². The summed E-state index contributed by atoms with van der Waals surface area (Å²) in [6.45, 7) is 9.33. The lowest BCUT2D eigenvalue weighted by Crippen LogP contribution is -1.70. The standard InChI is InChI=1S/C7H10.C4H6N2S/c1-3-5-7-6-4-2;1-3-5-4(2)7-6-3/h3-7H,1H2,2H3;1-2H3/b6-4-,7-5-;. The summed E-state index contributed by atoms with van der Waals surface area (Å²) < 4.78 is 3.95. The van der Waals surface area contributed by atoms with Gasteiger partial charge in [-0.1, -0.05) is 37.0 Å². The maximum atomic E-state index is 4.02. The van der Waals surface area contributed by atoms with E-state index in [1.54, 1.807) is 6.08 Å². The molecular weight excluding hydrogens is 192 g/mol. The van der Waals surface area contributed by atoms with E-state index in [4.69, 9.17) is 0 Å². The zero-order valence-electron chi connectivity index (χ0n) is 8.90. The van der Waals surface area contributed by atoms with Crippen LogP contribution in [0.3, 0.4) is 0 Å². The summed E-state index contributed by atoms with van der Waals surface area (Å²) in [6, 6.07) is 0. The topological polar surface area (TPSA) is 25.8 Å². The second-order valence-electron chi connectivity index (χ2n) is 2.51. The number of hydrogen-bond donors (Lipinski definition) is 0. The van der Waals surface area contributed by atoms with Gasteiger partial charge in [0.15, 0.2) is 0 Å². The third-order valence-corrected chi connectivity index (χ3v) is 1.89. The van der Waals surface area contributed by atoms with Crippen LogP contribution >= 0.6 is 11.5 Å². The van der Waals surface area contributed by atoms with Crippen molar-refractivity contribution in [2.24, 2.45) is 0 Å². The predicted molar refractivity (Wildman–Crippen MR) is 63.5 cm³/mol. The van der Waals surface area contributed by atoms with E-state index in [9.17, 15) is 0 Å². The third-order valence-electron chi connectivity index (χ3n) is 1.18. The molecule has 0 unspecified atom stereocenters. The molecule has 0 spiro atoms. The molecule has 0 amide bonds. The normalized spacial score (nSPS) is 10.2. The monoisotopic (exact) mass is 208 g/mol. The number of aromatic nitrogens is 2. The maximum absolute atomic E-state index is 4.02. The van der Waals surface area contributed by atoms with Gasteiger partial charge in [0, 0.05) is 0 Å². The second-order valence-corrected chi connectivity index (χ2v) is 3.46. The highest BCUT2D eigenvalue weighted by Crippen LogP contribution is 1.98. The summed E-state index contributed by atoms with van der Waals surface area (Å²) in [5, 5.41) is 1.04. The molecule has 0 fully saturated rings. The van der Waals surface area contributed by atoms with Gasteiger partial charge in [-0.25, -0.2) is 4.98 Å². The van der Waals surface area contributed by atoms with Gasteiger partial charge in [0.1, 0.15) is 10.8 Å². The Bertz CT molecular complexity index is 294. The Morgan fingerprint density at radius 3 is 2.21 bits per heavy atom. The van der Waals surface area contributed by atoms with Crippen molar-refractivity contribution in [3.05, 3.63) is 47.8 Å². The fourth-order valence-electron chi connectivity index (χ4n) is 0.655. The average molecular weight is 208 g/mol. The second kappa shape index (κ2) is 8.38. The molecule has 0 bridgehead atoms. The zero-order valence-corrected chi connectivity index (χ0v) is 9.71. The first-order valence-corrected chi connectivity index (χ1v) is 5.15. The van der Waals surface area contributed by atoms with E-state index in [0.717, 1.165) is 10.8 Å². The summed E-state index contributed by atoms with van der Waals surface area (Å²) >= 11 is 1.44. The van der Waals surface area contributed by atoms with E-state index in [-0.39, 0.29) is 0 Å². The number of aryl methyl sites for hydroxylation is 2. The minimum atomic E-state index is 0.877. The summed E-state index contributed by atoms with van der Waals surface area (Å²) in [4.78, 5) is 4.02. The van der Waals surface area contributed by atoms with Crippen molar-refractivity contribution in [1.29, 1.82) is 0 Å². The smallest absolute Gasteiger partial charge is 0.139 e. The average Bonchev–Trinajstić information content (AvgIpc) is 2.52. The van der Waals surface area contributed by atoms with Crippen molar-refractivity contribution in [1.82, 2.24) is 9.36 Å². The molecule has 0 aliphatic heterocycles. The fourth-order valence-corrected chi connectivity index (χ4v) is 1.13. The highest BCUT2D eigenvalue weighted by atomic mass is 32.1. The molecule has 0 saturated heterocycles. The molecule has 2 nitrogen and oxygen atoms in total. The van der Waals surface area contributed by atoms with Gasteiger partial charge in [-0.05, 0) is 32.3 Å². The molecule has 14 heavy (non-hydrogen) atoms. The number of rotatable bonds is 2. The van der Waals surface area contributed by atoms with Gasteiger partial charge in [-0.3, -0.25) is 0 Å². The molecule has 1 aromatic heterocycles. The van der Waals surface area contributed by atoms with E-state index < -0.39 is 0 Å². The van der Waals surface area contributed by atoms with Crippen molar-refractivity contribution in [2.75, 3.05) is 0 Å².